The van der Waals surface area contributed by atoms with E-state index in [1.165, 1.54) is 7.11 Å². The average Bonchev–Trinajstić information content (AvgIpc) is 2.80. The number of methoxy groups -OCH3 is 1. The molecule has 0 spiro atoms. The lowest BCUT2D eigenvalue weighted by Crippen LogP contribution is -2.31. The fraction of sp³-hybridized carbons (Fsp3) is 0.143. The van der Waals surface area contributed by atoms with E-state index in [9.17, 15) is 27.9 Å². The molecule has 0 saturated carbocycles. The number of nitrogens with two attached hydrogens (primary N) is 1. The number of para-hydroxylation sites is 2. The monoisotopic (exact) mass is 548 g/mol. The molecule has 0 bridgehead atoms. The van der Waals surface area contributed by atoms with Gasteiger partial charge in [-0.3, -0.25) is 14.2 Å². The molecule has 0 radical (unpaired) electrons. The van der Waals surface area contributed by atoms with Gasteiger partial charge in [-0.25, -0.2) is 9.78 Å². The Labute approximate surface area is 210 Å². The number of alkyl halides is 3. The van der Waals surface area contributed by atoms with Crippen molar-refractivity contribution in [1.82, 2.24) is 9.55 Å². The smallest absolute Gasteiger partial charge is 0.490 e. The summed E-state index contributed by atoms with van der Waals surface area (Å²) in [4.78, 5) is 38.7. The van der Waals surface area contributed by atoms with Crippen molar-refractivity contribution in [3.8, 4) is 11.4 Å². The van der Waals surface area contributed by atoms with E-state index in [0.29, 0.717) is 5.56 Å². The normalized spacial score (nSPS) is 10.8. The van der Waals surface area contributed by atoms with E-state index in [2.05, 4.69) is 10.3 Å². The lowest BCUT2D eigenvalue weighted by molar-refractivity contribution is -0.192. The summed E-state index contributed by atoms with van der Waals surface area (Å²) in [6, 6.07) is 9.55. The molecule has 0 aliphatic heterocycles. The largest absolute Gasteiger partial charge is 0.494 e. The number of nitrogen functional groups attached to an aromatic ring is 1. The number of carbonyl (C=O) groups is 2. The molecule has 2 aromatic carbocycles. The van der Waals surface area contributed by atoms with Gasteiger partial charge in [-0.15, -0.1) is 0 Å². The third-order valence-electron chi connectivity index (χ3n) is 4.37. The van der Waals surface area contributed by atoms with Gasteiger partial charge >= 0.3 is 12.1 Å². The molecular weight excluding hydrogens is 532 g/mol. The minimum Gasteiger partial charge on any atom is -0.494 e. The summed E-state index contributed by atoms with van der Waals surface area (Å²) < 4.78 is 38.0. The van der Waals surface area contributed by atoms with Crippen LogP contribution in [0.25, 0.3) is 5.69 Å². The quantitative estimate of drug-likeness (QED) is 0.377. The highest BCUT2D eigenvalue weighted by molar-refractivity contribution is 6.37. The van der Waals surface area contributed by atoms with Crippen LogP contribution in [0.2, 0.25) is 10.0 Å². The SMILES string of the molecule is COc1c(CO)cccc1NC(=O)c1c(N)ncn(-c2c(Cl)cccc2Cl)c1=O.O=C(O)C(F)(F)F. The molecule has 1 amide bonds. The summed E-state index contributed by atoms with van der Waals surface area (Å²) in [5, 5.41) is 19.5. The molecule has 0 aliphatic rings. The predicted octanol–water partition coefficient (Wildman–Crippen LogP) is 3.51. The number of carbonyl (C=O) groups excluding carboxylic acids is 1. The van der Waals surface area contributed by atoms with Gasteiger partial charge in [0.15, 0.2) is 0 Å². The van der Waals surface area contributed by atoms with Gasteiger partial charge in [0, 0.05) is 5.56 Å². The number of ether oxygens (including phenoxy) is 1. The Hall–Kier alpha value is -3.81. The van der Waals surface area contributed by atoms with E-state index in [1.54, 1.807) is 36.4 Å². The molecule has 1 aromatic heterocycles. The summed E-state index contributed by atoms with van der Waals surface area (Å²) in [7, 11) is 1.40. The molecule has 3 aromatic rings. The Morgan fingerprint density at radius 2 is 1.72 bits per heavy atom. The van der Waals surface area contributed by atoms with Crippen LogP contribution < -0.4 is 21.3 Å². The fourth-order valence-electron chi connectivity index (χ4n) is 2.79. The molecule has 192 valence electrons. The number of carboxylic acids is 1. The second-order valence-corrected chi connectivity index (χ2v) is 7.48. The molecule has 0 aliphatic carbocycles. The third-order valence-corrected chi connectivity index (χ3v) is 4.98. The van der Waals surface area contributed by atoms with Crippen LogP contribution in [0, 0.1) is 0 Å². The van der Waals surface area contributed by atoms with Crippen LogP contribution in [0.3, 0.4) is 0 Å². The van der Waals surface area contributed by atoms with Crippen LogP contribution in [0.15, 0.2) is 47.5 Å². The first-order valence-electron chi connectivity index (χ1n) is 9.53. The molecule has 1 heterocycles. The average molecular weight is 549 g/mol. The molecule has 3 rings (SSSR count). The Morgan fingerprint density at radius 1 is 1.17 bits per heavy atom. The van der Waals surface area contributed by atoms with Gasteiger partial charge in [0.05, 0.1) is 35.1 Å². The van der Waals surface area contributed by atoms with Crippen LogP contribution >= 0.6 is 23.2 Å². The molecule has 36 heavy (non-hydrogen) atoms. The number of hydrogen-bond acceptors (Lipinski definition) is 7. The molecule has 15 heteroatoms. The maximum atomic E-state index is 13.0. The van der Waals surface area contributed by atoms with E-state index in [4.69, 9.17) is 43.6 Å². The summed E-state index contributed by atoms with van der Waals surface area (Å²) in [5.41, 5.74) is 5.57. The number of benzene rings is 2. The number of aliphatic hydroxyl groups excluding tert-OH is 1. The molecule has 10 nitrogen and oxygen atoms in total. The van der Waals surface area contributed by atoms with Crippen LogP contribution in [-0.2, 0) is 11.4 Å². The van der Waals surface area contributed by atoms with Crippen molar-refractivity contribution in [3.05, 3.63) is 74.3 Å². The number of nitrogens with zero attached hydrogens (tertiary/aromatic N) is 2. The van der Waals surface area contributed by atoms with Crippen LogP contribution in [0.4, 0.5) is 24.7 Å². The van der Waals surface area contributed by atoms with Gasteiger partial charge in [-0.1, -0.05) is 41.4 Å². The molecule has 5 N–H and O–H groups in total. The topological polar surface area (TPSA) is 157 Å². The van der Waals surface area contributed by atoms with Crippen LogP contribution in [0.5, 0.6) is 5.75 Å². The van der Waals surface area contributed by atoms with E-state index >= 15 is 0 Å². The highest BCUT2D eigenvalue weighted by Gasteiger charge is 2.38. The van der Waals surface area contributed by atoms with Gasteiger partial charge in [0.25, 0.3) is 11.5 Å². The van der Waals surface area contributed by atoms with Gasteiger partial charge in [0.1, 0.15) is 23.5 Å². The minimum atomic E-state index is -5.08. The van der Waals surface area contributed by atoms with Gasteiger partial charge in [-0.05, 0) is 18.2 Å². The summed E-state index contributed by atoms with van der Waals surface area (Å²) in [5.74, 6) is -3.55. The van der Waals surface area contributed by atoms with E-state index in [-0.39, 0.29) is 45.2 Å². The second kappa shape index (κ2) is 11.7. The predicted molar refractivity (Wildman–Crippen MR) is 125 cm³/mol. The molecule has 0 atom stereocenters. The van der Waals surface area contributed by atoms with Crippen LogP contribution in [-0.4, -0.2) is 44.9 Å². The van der Waals surface area contributed by atoms with Crippen molar-refractivity contribution in [2.75, 3.05) is 18.2 Å². The number of aliphatic hydroxyl groups is 1. The lowest BCUT2D eigenvalue weighted by Gasteiger charge is -2.15. The number of amides is 1. The number of halogens is 5. The Bertz CT molecular complexity index is 1330. The van der Waals surface area contributed by atoms with Crippen LogP contribution in [0.1, 0.15) is 15.9 Å². The van der Waals surface area contributed by atoms with Crippen molar-refractivity contribution in [3.63, 3.8) is 0 Å². The van der Waals surface area contributed by atoms with Crippen molar-refractivity contribution in [1.29, 1.82) is 0 Å². The maximum absolute atomic E-state index is 13.0. The van der Waals surface area contributed by atoms with Gasteiger partial charge < -0.3 is 26.0 Å². The first kappa shape index (κ1) is 28.4. The number of anilines is 2. The lowest BCUT2D eigenvalue weighted by atomic mass is 10.1. The number of aromatic nitrogens is 2. The van der Waals surface area contributed by atoms with E-state index in [1.807, 2.05) is 0 Å². The molecule has 0 fully saturated rings. The number of rotatable bonds is 5. The molecular formula is C21H17Cl2F3N4O6. The van der Waals surface area contributed by atoms with Gasteiger partial charge in [-0.2, -0.15) is 13.2 Å². The van der Waals surface area contributed by atoms with E-state index in [0.717, 1.165) is 10.9 Å². The second-order valence-electron chi connectivity index (χ2n) is 6.66. The fourth-order valence-corrected chi connectivity index (χ4v) is 3.37. The highest BCUT2D eigenvalue weighted by atomic mass is 35.5. The zero-order chi connectivity index (χ0) is 27.2. The summed E-state index contributed by atoms with van der Waals surface area (Å²) in [6.07, 6.45) is -3.94. The standard InChI is InChI=1S/C19H16Cl2N4O4.C2HF3O2/c1-29-16-10(8-26)4-2-7-13(16)24-18(27)14-17(22)23-9-25(19(14)28)15-11(20)5-3-6-12(15)21;3-2(4,5)1(6)7/h2-7,9,26H,8,22H2,1H3,(H,24,27);(H,6,7). The maximum Gasteiger partial charge on any atom is 0.490 e. The Morgan fingerprint density at radius 3 is 2.22 bits per heavy atom. The molecule has 0 unspecified atom stereocenters. The van der Waals surface area contributed by atoms with Crippen molar-refractivity contribution in [2.45, 2.75) is 12.8 Å². The number of nitrogens with one attached hydrogen (secondary N) is 1. The van der Waals surface area contributed by atoms with Gasteiger partial charge in [0.2, 0.25) is 0 Å². The Balaban J connectivity index is 0.000000572. The zero-order valence-corrected chi connectivity index (χ0v) is 19.6. The summed E-state index contributed by atoms with van der Waals surface area (Å²) >= 11 is 12.3. The third kappa shape index (κ3) is 6.44. The van der Waals surface area contributed by atoms with E-state index < -0.39 is 23.6 Å². The van der Waals surface area contributed by atoms with Crippen molar-refractivity contribution >= 4 is 46.6 Å². The number of carboxylic acid groups (broad SMARTS) is 1. The highest BCUT2D eigenvalue weighted by Crippen LogP contribution is 2.30. The number of hydrogen-bond donors (Lipinski definition) is 4. The van der Waals surface area contributed by atoms with Crippen molar-refractivity contribution in [2.24, 2.45) is 0 Å². The Kier molecular flexibility index (Phi) is 9.28. The zero-order valence-electron chi connectivity index (χ0n) is 18.1. The van der Waals surface area contributed by atoms with Crippen molar-refractivity contribution < 1.29 is 37.7 Å². The first-order valence-corrected chi connectivity index (χ1v) is 10.3. The summed E-state index contributed by atoms with van der Waals surface area (Å²) in [6.45, 7) is -0.292. The molecule has 0 saturated heterocycles. The first-order chi connectivity index (χ1) is 16.8. The number of aliphatic carboxylic acids is 1. The minimum absolute atomic E-state index is 0.183.